The van der Waals surface area contributed by atoms with Crippen LogP contribution in [0.3, 0.4) is 0 Å². The van der Waals surface area contributed by atoms with Crippen molar-refractivity contribution in [2.45, 2.75) is 111 Å². The minimum Gasteiger partial charge on any atom is -0.343 e. The van der Waals surface area contributed by atoms with Crippen molar-refractivity contribution in [2.24, 2.45) is 0 Å². The van der Waals surface area contributed by atoms with Crippen LogP contribution in [0.4, 0.5) is 0 Å². The van der Waals surface area contributed by atoms with E-state index in [1.54, 1.807) is 0 Å². The molecule has 0 radical (unpaired) electrons. The van der Waals surface area contributed by atoms with Crippen LogP contribution in [0.1, 0.15) is 108 Å². The average Bonchev–Trinajstić information content (AvgIpc) is 2.59. The van der Waals surface area contributed by atoms with Gasteiger partial charge in [0, 0.05) is 0 Å². The minimum atomic E-state index is 0. The molecule has 1 rings (SSSR count). The van der Waals surface area contributed by atoms with Gasteiger partial charge in [-0.2, -0.15) is 6.42 Å². The first-order chi connectivity index (χ1) is 11.7. The summed E-state index contributed by atoms with van der Waals surface area (Å²) >= 11 is 0. The van der Waals surface area contributed by atoms with E-state index in [1.807, 2.05) is 0 Å². The molecule has 0 amide bonds. The number of aryl methyl sites for hydroxylation is 2. The van der Waals surface area contributed by atoms with E-state index < -0.39 is 0 Å². The maximum absolute atomic E-state index is 3.87. The molecule has 0 aliphatic heterocycles. The third-order valence-electron chi connectivity index (χ3n) is 4.78. The molecule has 0 bridgehead atoms. The normalized spacial score (nSPS) is 9.92. The molecule has 0 atom stereocenters. The van der Waals surface area contributed by atoms with E-state index in [0.717, 1.165) is 6.42 Å². The number of hydrogen-bond acceptors (Lipinski definition) is 0. The first kappa shape index (κ1) is 27.4. The Hall–Kier alpha value is 0.220. The second-order valence-corrected chi connectivity index (χ2v) is 7.18. The second kappa shape index (κ2) is 22.3. The number of unbranched alkanes of at least 4 members (excludes halogenated alkanes) is 13. The molecule has 1 heteroatoms. The van der Waals surface area contributed by atoms with E-state index in [9.17, 15) is 0 Å². The van der Waals surface area contributed by atoms with E-state index in [0.29, 0.717) is 0 Å². The van der Waals surface area contributed by atoms with Gasteiger partial charge < -0.3 is 6.92 Å². The number of hydrogen-bond donors (Lipinski definition) is 0. The van der Waals surface area contributed by atoms with Crippen molar-refractivity contribution in [1.82, 2.24) is 0 Å². The fourth-order valence-electron chi connectivity index (χ4n) is 2.86. The van der Waals surface area contributed by atoms with Crippen LogP contribution in [-0.2, 0) is 0 Å². The molecule has 0 N–H and O–H groups in total. The van der Waals surface area contributed by atoms with Crippen LogP contribution in [0.25, 0.3) is 0 Å². The van der Waals surface area contributed by atoms with Crippen LogP contribution in [-0.4, -0.2) is 0 Å². The van der Waals surface area contributed by atoms with Gasteiger partial charge in [-0.3, -0.25) is 0 Å². The summed E-state index contributed by atoms with van der Waals surface area (Å²) in [5, 5.41) is 0. The SMILES string of the molecule is Cc1ccccc1C.[CH2-]CCCCCCCCCCCCCCC.[Na+]. The predicted molar refractivity (Wildman–Crippen MR) is 112 cm³/mol. The zero-order valence-electron chi connectivity index (χ0n) is 17.9. The molecular weight excluding hydrogens is 311 g/mol. The van der Waals surface area contributed by atoms with E-state index >= 15 is 0 Å². The summed E-state index contributed by atoms with van der Waals surface area (Å²) in [6, 6.07) is 8.36. The molecule has 140 valence electrons. The maximum Gasteiger partial charge on any atom is 1.00 e. The molecule has 0 saturated carbocycles. The third-order valence-corrected chi connectivity index (χ3v) is 4.78. The average molecular weight is 355 g/mol. The summed E-state index contributed by atoms with van der Waals surface area (Å²) in [5.41, 5.74) is 2.74. The molecule has 0 nitrogen and oxygen atoms in total. The summed E-state index contributed by atoms with van der Waals surface area (Å²) in [7, 11) is 0. The molecule has 0 aliphatic rings. The molecule has 0 heterocycles. The standard InChI is InChI=1S/C16H33.C8H10.Na/c1-3-5-7-9-11-13-15-16-14-12-10-8-6-4-2;1-7-5-3-4-6-8(7)2;/h1,3-16H2,2H3;3-6H,1-2H3;/q-1;;+1. The third kappa shape index (κ3) is 20.4. The Morgan fingerprint density at radius 3 is 1.20 bits per heavy atom. The molecule has 1 aromatic carbocycles. The van der Waals surface area contributed by atoms with Crippen LogP contribution in [0, 0.1) is 20.8 Å². The quantitative estimate of drug-likeness (QED) is 0.245. The van der Waals surface area contributed by atoms with Gasteiger partial charge in [0.2, 0.25) is 0 Å². The molecule has 0 saturated heterocycles. The Bertz CT molecular complexity index is 324. The fraction of sp³-hybridized carbons (Fsp3) is 0.708. The van der Waals surface area contributed by atoms with E-state index in [1.165, 1.54) is 94.6 Å². The van der Waals surface area contributed by atoms with Gasteiger partial charge in [-0.25, -0.2) is 0 Å². The Balaban J connectivity index is 0. The Kier molecular flexibility index (Phi) is 24.4. The van der Waals surface area contributed by atoms with Crippen molar-refractivity contribution in [3.8, 4) is 0 Å². The van der Waals surface area contributed by atoms with Gasteiger partial charge in [0.25, 0.3) is 0 Å². The fourth-order valence-corrected chi connectivity index (χ4v) is 2.86. The predicted octanol–water partition coefficient (Wildman–Crippen LogP) is 5.61. The van der Waals surface area contributed by atoms with Crippen molar-refractivity contribution < 1.29 is 29.6 Å². The second-order valence-electron chi connectivity index (χ2n) is 7.18. The van der Waals surface area contributed by atoms with Crippen molar-refractivity contribution in [2.75, 3.05) is 0 Å². The molecule has 25 heavy (non-hydrogen) atoms. The first-order valence-corrected chi connectivity index (χ1v) is 10.5. The Morgan fingerprint density at radius 2 is 0.920 bits per heavy atom. The van der Waals surface area contributed by atoms with Crippen molar-refractivity contribution in [3.05, 3.63) is 42.3 Å². The van der Waals surface area contributed by atoms with E-state index in [4.69, 9.17) is 0 Å². The maximum atomic E-state index is 3.87. The monoisotopic (exact) mass is 354 g/mol. The van der Waals surface area contributed by atoms with Gasteiger partial charge in [0.1, 0.15) is 0 Å². The van der Waals surface area contributed by atoms with Gasteiger partial charge in [-0.05, 0) is 25.0 Å². The summed E-state index contributed by atoms with van der Waals surface area (Å²) in [6.07, 6.45) is 19.8. The van der Waals surface area contributed by atoms with Crippen LogP contribution < -0.4 is 29.6 Å². The largest absolute Gasteiger partial charge is 1.00 e. The minimum absolute atomic E-state index is 0. The van der Waals surface area contributed by atoms with Crippen molar-refractivity contribution in [1.29, 1.82) is 0 Å². The van der Waals surface area contributed by atoms with Gasteiger partial charge in [-0.1, -0.05) is 115 Å². The number of rotatable bonds is 13. The smallest absolute Gasteiger partial charge is 0.343 e. The van der Waals surface area contributed by atoms with Crippen LogP contribution in [0.2, 0.25) is 0 Å². The van der Waals surface area contributed by atoms with Gasteiger partial charge in [0.15, 0.2) is 0 Å². The van der Waals surface area contributed by atoms with Crippen molar-refractivity contribution in [3.63, 3.8) is 0 Å². The summed E-state index contributed by atoms with van der Waals surface area (Å²) in [4.78, 5) is 0. The number of benzene rings is 1. The van der Waals surface area contributed by atoms with Crippen LogP contribution in [0.5, 0.6) is 0 Å². The Labute approximate surface area is 181 Å². The molecule has 0 spiro atoms. The molecule has 1 aromatic rings. The zero-order chi connectivity index (χ0) is 17.9. The molecule has 0 aliphatic carbocycles. The van der Waals surface area contributed by atoms with Gasteiger partial charge in [0.05, 0.1) is 0 Å². The molecule has 0 aromatic heterocycles. The zero-order valence-corrected chi connectivity index (χ0v) is 19.9. The van der Waals surface area contributed by atoms with E-state index in [2.05, 4.69) is 52.0 Å². The van der Waals surface area contributed by atoms with Gasteiger partial charge >= 0.3 is 29.6 Å². The summed E-state index contributed by atoms with van der Waals surface area (Å²) in [6.45, 7) is 10.4. The van der Waals surface area contributed by atoms with E-state index in [-0.39, 0.29) is 29.6 Å². The molecule has 0 fully saturated rings. The summed E-state index contributed by atoms with van der Waals surface area (Å²) in [5.74, 6) is 0. The topological polar surface area (TPSA) is 0 Å². The van der Waals surface area contributed by atoms with Crippen LogP contribution in [0.15, 0.2) is 24.3 Å². The first-order valence-electron chi connectivity index (χ1n) is 10.5. The summed E-state index contributed by atoms with van der Waals surface area (Å²) < 4.78 is 0. The molecular formula is C24H43Na. The van der Waals surface area contributed by atoms with Crippen molar-refractivity contribution >= 4 is 0 Å². The van der Waals surface area contributed by atoms with Crippen LogP contribution >= 0.6 is 0 Å². The Morgan fingerprint density at radius 1 is 0.600 bits per heavy atom. The van der Waals surface area contributed by atoms with Gasteiger partial charge in [-0.15, -0.1) is 0 Å². The molecule has 0 unspecified atom stereocenters.